The summed E-state index contributed by atoms with van der Waals surface area (Å²) in [6, 6.07) is 0. The van der Waals surface area contributed by atoms with Gasteiger partial charge in [-0.25, -0.2) is 0 Å². The van der Waals surface area contributed by atoms with Crippen LogP contribution in [0.3, 0.4) is 0 Å². The molecule has 0 aliphatic rings. The molecule has 0 aromatic rings. The van der Waals surface area contributed by atoms with Gasteiger partial charge >= 0.3 is 7.60 Å². The second-order valence-corrected chi connectivity index (χ2v) is 9.80. The zero-order valence-electron chi connectivity index (χ0n) is 18.4. The molecule has 2 N–H and O–H groups in total. The molecular formula is C21H46NO3P. The summed E-state index contributed by atoms with van der Waals surface area (Å²) in [5.41, 5.74) is 0. The summed E-state index contributed by atoms with van der Waals surface area (Å²) in [6.07, 6.45) is 10.8. The minimum Gasteiger partial charge on any atom is -0.323 e. The van der Waals surface area contributed by atoms with Gasteiger partial charge in [0.05, 0.1) is 6.10 Å². The summed E-state index contributed by atoms with van der Waals surface area (Å²) in [7, 11) is -3.76. The molecule has 0 saturated carbocycles. The van der Waals surface area contributed by atoms with Crippen molar-refractivity contribution in [2.24, 2.45) is 5.92 Å². The van der Waals surface area contributed by atoms with Gasteiger partial charge in [0.2, 0.25) is 0 Å². The van der Waals surface area contributed by atoms with E-state index in [2.05, 4.69) is 26.1 Å². The molecule has 0 spiro atoms. The van der Waals surface area contributed by atoms with Crippen LogP contribution in [0.2, 0.25) is 0 Å². The van der Waals surface area contributed by atoms with E-state index in [1.807, 2.05) is 20.8 Å². The Balaban J connectivity index is 5.05. The van der Waals surface area contributed by atoms with Crippen LogP contribution in [0.4, 0.5) is 0 Å². The number of nitrogens with one attached hydrogen (secondary N) is 1. The average Bonchev–Trinajstić information content (AvgIpc) is 2.64. The molecule has 0 saturated heterocycles. The number of hydrogen-bond donors (Lipinski definition) is 2. The normalized spacial score (nSPS) is 17.0. The first kappa shape index (κ1) is 26.1. The van der Waals surface area contributed by atoms with E-state index in [9.17, 15) is 9.46 Å². The van der Waals surface area contributed by atoms with Crippen molar-refractivity contribution in [3.63, 3.8) is 0 Å². The molecule has 5 heteroatoms. The molecule has 0 heterocycles. The molecule has 0 radical (unpaired) electrons. The highest BCUT2D eigenvalue weighted by molar-refractivity contribution is 7.54. The molecule has 4 nitrogen and oxygen atoms in total. The smallest absolute Gasteiger partial charge is 0.323 e. The molecule has 0 rings (SSSR count). The Labute approximate surface area is 163 Å². The van der Waals surface area contributed by atoms with Gasteiger partial charge in [0.15, 0.2) is 0 Å². The van der Waals surface area contributed by atoms with Crippen molar-refractivity contribution in [2.45, 2.75) is 124 Å². The standard InChI is InChI=1S/C21H46NO3P/c1-7-13-15-17-20(10-4)25-26(23,24)21(11-5,12-6)22-18-19(9-3)16-14-8-2/h19-20,22H,7-18H2,1-6H3,(H,23,24). The minimum atomic E-state index is -3.76. The summed E-state index contributed by atoms with van der Waals surface area (Å²) in [5.74, 6) is 0.555. The van der Waals surface area contributed by atoms with E-state index >= 15 is 0 Å². The molecule has 3 unspecified atom stereocenters. The zero-order valence-corrected chi connectivity index (χ0v) is 19.2. The van der Waals surface area contributed by atoms with Crippen LogP contribution in [0, 0.1) is 5.92 Å². The maximum absolute atomic E-state index is 13.3. The molecule has 0 aromatic heterocycles. The van der Waals surface area contributed by atoms with Gasteiger partial charge in [-0.1, -0.05) is 80.1 Å². The monoisotopic (exact) mass is 391 g/mol. The SMILES string of the molecule is CCCCCC(CC)OP(=O)(O)C(CC)(CC)NCC(CC)CCCC. The largest absolute Gasteiger partial charge is 0.348 e. The van der Waals surface area contributed by atoms with Crippen LogP contribution in [0.15, 0.2) is 0 Å². The third-order valence-electron chi connectivity index (χ3n) is 5.85. The van der Waals surface area contributed by atoms with Gasteiger partial charge in [0.25, 0.3) is 0 Å². The lowest BCUT2D eigenvalue weighted by atomic mass is 9.98. The molecule has 0 aliphatic carbocycles. The van der Waals surface area contributed by atoms with Gasteiger partial charge in [-0.15, -0.1) is 0 Å². The van der Waals surface area contributed by atoms with Crippen LogP contribution in [0.5, 0.6) is 0 Å². The van der Waals surface area contributed by atoms with Crippen LogP contribution in [-0.2, 0) is 9.09 Å². The van der Waals surface area contributed by atoms with E-state index in [-0.39, 0.29) is 6.10 Å². The van der Waals surface area contributed by atoms with Gasteiger partial charge in [-0.3, -0.25) is 4.57 Å². The quantitative estimate of drug-likeness (QED) is 0.210. The molecule has 3 atom stereocenters. The molecular weight excluding hydrogens is 345 g/mol. The van der Waals surface area contributed by atoms with E-state index in [0.717, 1.165) is 45.1 Å². The fraction of sp³-hybridized carbons (Fsp3) is 1.00. The minimum absolute atomic E-state index is 0.126. The Kier molecular flexibility index (Phi) is 14.2. The van der Waals surface area contributed by atoms with E-state index in [4.69, 9.17) is 4.52 Å². The molecule has 26 heavy (non-hydrogen) atoms. The van der Waals surface area contributed by atoms with Crippen molar-refractivity contribution in [3.8, 4) is 0 Å². The summed E-state index contributed by atoms with van der Waals surface area (Å²) in [6.45, 7) is 13.4. The lowest BCUT2D eigenvalue weighted by Gasteiger charge is -2.38. The number of unbranched alkanes of at least 4 members (excludes halogenated alkanes) is 3. The lowest BCUT2D eigenvalue weighted by molar-refractivity contribution is 0.135. The first-order chi connectivity index (χ1) is 12.4. The van der Waals surface area contributed by atoms with Gasteiger partial charge in [-0.2, -0.15) is 0 Å². The first-order valence-corrected chi connectivity index (χ1v) is 12.7. The van der Waals surface area contributed by atoms with E-state index < -0.39 is 12.9 Å². The highest BCUT2D eigenvalue weighted by atomic mass is 31.2. The molecule has 0 aliphatic heterocycles. The van der Waals surface area contributed by atoms with Gasteiger partial charge in [0, 0.05) is 0 Å². The summed E-state index contributed by atoms with van der Waals surface area (Å²) in [4.78, 5) is 10.9. The molecule has 0 aromatic carbocycles. The van der Waals surface area contributed by atoms with Gasteiger partial charge in [0.1, 0.15) is 5.28 Å². The second-order valence-electron chi connectivity index (χ2n) is 7.69. The second kappa shape index (κ2) is 14.2. The lowest BCUT2D eigenvalue weighted by Crippen LogP contribution is -2.47. The van der Waals surface area contributed by atoms with Crippen LogP contribution >= 0.6 is 7.60 Å². The summed E-state index contributed by atoms with van der Waals surface area (Å²) in [5, 5.41) is 2.66. The first-order valence-electron chi connectivity index (χ1n) is 11.1. The van der Waals surface area contributed by atoms with Crippen molar-refractivity contribution in [1.82, 2.24) is 5.32 Å². The highest BCUT2D eigenvalue weighted by Gasteiger charge is 2.47. The van der Waals surface area contributed by atoms with Crippen molar-refractivity contribution < 1.29 is 14.0 Å². The van der Waals surface area contributed by atoms with E-state index in [0.29, 0.717) is 18.8 Å². The summed E-state index contributed by atoms with van der Waals surface area (Å²) >= 11 is 0. The molecule has 0 bridgehead atoms. The number of rotatable bonds is 17. The third kappa shape index (κ3) is 8.42. The zero-order chi connectivity index (χ0) is 20.1. The summed E-state index contributed by atoms with van der Waals surface area (Å²) < 4.78 is 19.2. The maximum atomic E-state index is 13.3. The fourth-order valence-corrected chi connectivity index (χ4v) is 5.48. The van der Waals surface area contributed by atoms with Crippen molar-refractivity contribution >= 4 is 7.60 Å². The average molecular weight is 392 g/mol. The predicted molar refractivity (Wildman–Crippen MR) is 114 cm³/mol. The Morgan fingerprint density at radius 3 is 2.00 bits per heavy atom. The van der Waals surface area contributed by atoms with Gasteiger partial charge < -0.3 is 14.7 Å². The van der Waals surface area contributed by atoms with E-state index in [1.54, 1.807) is 0 Å². The van der Waals surface area contributed by atoms with E-state index in [1.165, 1.54) is 19.3 Å². The predicted octanol–water partition coefficient (Wildman–Crippen LogP) is 6.87. The Morgan fingerprint density at radius 2 is 1.54 bits per heavy atom. The van der Waals surface area contributed by atoms with Crippen LogP contribution < -0.4 is 5.32 Å². The van der Waals surface area contributed by atoms with Gasteiger partial charge in [-0.05, 0) is 44.6 Å². The van der Waals surface area contributed by atoms with Crippen LogP contribution in [0.1, 0.15) is 112 Å². The van der Waals surface area contributed by atoms with Crippen molar-refractivity contribution in [1.29, 1.82) is 0 Å². The number of hydrogen-bond acceptors (Lipinski definition) is 3. The highest BCUT2D eigenvalue weighted by Crippen LogP contribution is 2.58. The fourth-order valence-electron chi connectivity index (χ4n) is 3.53. The molecule has 158 valence electrons. The maximum Gasteiger partial charge on any atom is 0.348 e. The van der Waals surface area contributed by atoms with Crippen molar-refractivity contribution in [2.75, 3.05) is 6.54 Å². The molecule has 0 fully saturated rings. The third-order valence-corrected chi connectivity index (χ3v) is 8.31. The van der Waals surface area contributed by atoms with Crippen LogP contribution in [-0.4, -0.2) is 22.8 Å². The van der Waals surface area contributed by atoms with Crippen LogP contribution in [0.25, 0.3) is 0 Å². The topological polar surface area (TPSA) is 58.6 Å². The Bertz CT molecular complexity index is 385. The molecule has 0 amide bonds. The van der Waals surface area contributed by atoms with Crippen molar-refractivity contribution in [3.05, 3.63) is 0 Å². The Hall–Kier alpha value is 0.110. The Morgan fingerprint density at radius 1 is 0.923 bits per heavy atom.